The zero-order chi connectivity index (χ0) is 11.0. The van der Waals surface area contributed by atoms with Crippen LogP contribution in [-0.2, 0) is 0 Å². The maximum absolute atomic E-state index is 11.0. The number of rotatable bonds is 1. The van der Waals surface area contributed by atoms with Crippen LogP contribution >= 0.6 is 34.2 Å². The van der Waals surface area contributed by atoms with Crippen LogP contribution in [0.2, 0.25) is 5.02 Å². The molecule has 0 spiro atoms. The molecule has 3 nitrogen and oxygen atoms in total. The highest BCUT2D eigenvalue weighted by atomic mass is 127. The van der Waals surface area contributed by atoms with E-state index in [0.717, 1.165) is 8.96 Å². The van der Waals surface area contributed by atoms with Gasteiger partial charge in [0.05, 0.1) is 16.1 Å². The van der Waals surface area contributed by atoms with Crippen LogP contribution < -0.4 is 5.73 Å². The van der Waals surface area contributed by atoms with E-state index < -0.39 is 5.91 Å². The standard InChI is InChI=1S/C10H6ClIN2O/c11-8-3-7(12)2-5-1-6(10(13)15)4-14-9(5)8/h1-4H,(H2,13,15). The molecule has 0 aliphatic carbocycles. The Morgan fingerprint density at radius 2 is 2.13 bits per heavy atom. The number of pyridine rings is 1. The minimum atomic E-state index is -0.487. The number of primary amides is 1. The van der Waals surface area contributed by atoms with Crippen LogP contribution in [0.1, 0.15) is 10.4 Å². The van der Waals surface area contributed by atoms with Crippen molar-refractivity contribution >= 4 is 51.0 Å². The highest BCUT2D eigenvalue weighted by molar-refractivity contribution is 14.1. The summed E-state index contributed by atoms with van der Waals surface area (Å²) in [6, 6.07) is 5.42. The van der Waals surface area contributed by atoms with Gasteiger partial charge in [-0.2, -0.15) is 0 Å². The smallest absolute Gasteiger partial charge is 0.250 e. The van der Waals surface area contributed by atoms with Crippen molar-refractivity contribution in [2.24, 2.45) is 5.73 Å². The summed E-state index contributed by atoms with van der Waals surface area (Å²) in [5, 5.41) is 1.40. The number of aromatic nitrogens is 1. The van der Waals surface area contributed by atoms with Crippen LogP contribution in [0, 0.1) is 3.57 Å². The van der Waals surface area contributed by atoms with Crippen molar-refractivity contribution in [2.45, 2.75) is 0 Å². The molecule has 1 aromatic carbocycles. The van der Waals surface area contributed by atoms with Gasteiger partial charge in [0.1, 0.15) is 0 Å². The van der Waals surface area contributed by atoms with Crippen LogP contribution in [0.15, 0.2) is 24.4 Å². The number of hydrogen-bond donors (Lipinski definition) is 1. The van der Waals surface area contributed by atoms with Crippen molar-refractivity contribution in [3.63, 3.8) is 0 Å². The molecule has 0 aliphatic rings. The third-order valence-corrected chi connectivity index (χ3v) is 2.90. The van der Waals surface area contributed by atoms with Crippen molar-refractivity contribution in [3.8, 4) is 0 Å². The van der Waals surface area contributed by atoms with Gasteiger partial charge in [-0.15, -0.1) is 0 Å². The Kier molecular flexibility index (Phi) is 2.79. The average molecular weight is 333 g/mol. The second kappa shape index (κ2) is 3.94. The van der Waals surface area contributed by atoms with Crippen LogP contribution in [0.4, 0.5) is 0 Å². The third kappa shape index (κ3) is 2.05. The lowest BCUT2D eigenvalue weighted by Gasteiger charge is -2.02. The molecular weight excluding hydrogens is 326 g/mol. The second-order valence-corrected chi connectivity index (χ2v) is 4.70. The van der Waals surface area contributed by atoms with Crippen LogP contribution in [-0.4, -0.2) is 10.9 Å². The van der Waals surface area contributed by atoms with E-state index in [9.17, 15) is 4.79 Å². The molecular formula is C10H6ClIN2O. The number of nitrogens with zero attached hydrogens (tertiary/aromatic N) is 1. The number of fused-ring (bicyclic) bond motifs is 1. The molecule has 2 rings (SSSR count). The topological polar surface area (TPSA) is 56.0 Å². The molecule has 1 aromatic heterocycles. The van der Waals surface area contributed by atoms with Crippen molar-refractivity contribution in [1.82, 2.24) is 4.98 Å². The first-order valence-electron chi connectivity index (χ1n) is 4.12. The van der Waals surface area contributed by atoms with Gasteiger partial charge in [-0.3, -0.25) is 9.78 Å². The summed E-state index contributed by atoms with van der Waals surface area (Å²) in [5.41, 5.74) is 6.24. The fourth-order valence-corrected chi connectivity index (χ4v) is 2.41. The van der Waals surface area contributed by atoms with Gasteiger partial charge >= 0.3 is 0 Å². The summed E-state index contributed by atoms with van der Waals surface area (Å²) in [6.07, 6.45) is 1.43. The lowest BCUT2D eigenvalue weighted by atomic mass is 10.1. The van der Waals surface area contributed by atoms with Crippen molar-refractivity contribution in [2.75, 3.05) is 0 Å². The number of carbonyl (C=O) groups is 1. The monoisotopic (exact) mass is 332 g/mol. The van der Waals surface area contributed by atoms with E-state index in [-0.39, 0.29) is 0 Å². The van der Waals surface area contributed by atoms with E-state index >= 15 is 0 Å². The molecule has 0 unspecified atom stereocenters. The Balaban J connectivity index is 2.76. The minimum Gasteiger partial charge on any atom is -0.366 e. The highest BCUT2D eigenvalue weighted by Gasteiger charge is 2.06. The highest BCUT2D eigenvalue weighted by Crippen LogP contribution is 2.24. The van der Waals surface area contributed by atoms with Crippen LogP contribution in [0.3, 0.4) is 0 Å². The summed E-state index contributed by atoms with van der Waals surface area (Å²) < 4.78 is 0.994. The van der Waals surface area contributed by atoms with Gasteiger partial charge in [0, 0.05) is 15.2 Å². The van der Waals surface area contributed by atoms with Gasteiger partial charge in [-0.25, -0.2) is 0 Å². The Hall–Kier alpha value is -0.880. The van der Waals surface area contributed by atoms with Crippen molar-refractivity contribution in [1.29, 1.82) is 0 Å². The SMILES string of the molecule is NC(=O)c1cnc2c(Cl)cc(I)cc2c1. The number of hydrogen-bond acceptors (Lipinski definition) is 2. The predicted octanol–water partition coefficient (Wildman–Crippen LogP) is 2.59. The van der Waals surface area contributed by atoms with Crippen molar-refractivity contribution < 1.29 is 4.79 Å². The molecule has 0 fully saturated rings. The molecule has 1 heterocycles. The van der Waals surface area contributed by atoms with Gasteiger partial charge in [-0.05, 0) is 40.8 Å². The van der Waals surface area contributed by atoms with E-state index in [1.54, 1.807) is 6.07 Å². The molecule has 1 amide bonds. The zero-order valence-corrected chi connectivity index (χ0v) is 10.4. The maximum atomic E-state index is 11.0. The zero-order valence-electron chi connectivity index (χ0n) is 7.50. The van der Waals surface area contributed by atoms with Gasteiger partial charge in [0.15, 0.2) is 0 Å². The minimum absolute atomic E-state index is 0.389. The summed E-state index contributed by atoms with van der Waals surface area (Å²) in [6.45, 7) is 0. The molecule has 76 valence electrons. The number of benzene rings is 1. The van der Waals surface area contributed by atoms with Crippen LogP contribution in [0.25, 0.3) is 10.9 Å². The van der Waals surface area contributed by atoms with Gasteiger partial charge in [-0.1, -0.05) is 11.6 Å². The van der Waals surface area contributed by atoms with E-state index in [2.05, 4.69) is 27.6 Å². The van der Waals surface area contributed by atoms with E-state index in [0.29, 0.717) is 16.1 Å². The normalized spacial score (nSPS) is 10.5. The van der Waals surface area contributed by atoms with Crippen molar-refractivity contribution in [3.05, 3.63) is 38.6 Å². The lowest BCUT2D eigenvalue weighted by molar-refractivity contribution is 0.1000. The summed E-state index contributed by atoms with van der Waals surface area (Å²) in [5.74, 6) is -0.487. The summed E-state index contributed by atoms with van der Waals surface area (Å²) in [4.78, 5) is 15.1. The molecule has 0 saturated carbocycles. The predicted molar refractivity (Wildman–Crippen MR) is 68.0 cm³/mol. The number of halogens is 2. The second-order valence-electron chi connectivity index (χ2n) is 3.05. The Morgan fingerprint density at radius 1 is 1.40 bits per heavy atom. The lowest BCUT2D eigenvalue weighted by Crippen LogP contribution is -2.11. The van der Waals surface area contributed by atoms with E-state index in [1.807, 2.05) is 12.1 Å². The van der Waals surface area contributed by atoms with Gasteiger partial charge in [0.25, 0.3) is 0 Å². The fourth-order valence-electron chi connectivity index (χ4n) is 1.31. The molecule has 0 radical (unpaired) electrons. The molecule has 0 bridgehead atoms. The Labute approximate surface area is 105 Å². The first-order valence-corrected chi connectivity index (χ1v) is 5.58. The third-order valence-electron chi connectivity index (χ3n) is 1.99. The molecule has 0 aliphatic heterocycles. The fraction of sp³-hybridized carbons (Fsp3) is 0. The van der Waals surface area contributed by atoms with Gasteiger partial charge < -0.3 is 5.73 Å². The Bertz CT molecular complexity index is 556. The number of amides is 1. The quantitative estimate of drug-likeness (QED) is 0.816. The summed E-state index contributed by atoms with van der Waals surface area (Å²) in [7, 11) is 0. The van der Waals surface area contributed by atoms with E-state index in [1.165, 1.54) is 6.20 Å². The molecule has 2 aromatic rings. The maximum Gasteiger partial charge on any atom is 0.250 e. The van der Waals surface area contributed by atoms with Crippen LogP contribution in [0.5, 0.6) is 0 Å². The molecule has 15 heavy (non-hydrogen) atoms. The first kappa shape index (κ1) is 10.6. The number of carbonyl (C=O) groups excluding carboxylic acids is 1. The largest absolute Gasteiger partial charge is 0.366 e. The average Bonchev–Trinajstić information content (AvgIpc) is 2.16. The molecule has 0 atom stereocenters. The summed E-state index contributed by atoms with van der Waals surface area (Å²) >= 11 is 8.16. The first-order chi connectivity index (χ1) is 7.08. The molecule has 0 saturated heterocycles. The van der Waals surface area contributed by atoms with E-state index in [4.69, 9.17) is 17.3 Å². The Morgan fingerprint density at radius 3 is 2.80 bits per heavy atom. The molecule has 2 N–H and O–H groups in total. The number of nitrogens with two attached hydrogens (primary N) is 1. The molecule has 5 heteroatoms. The van der Waals surface area contributed by atoms with Gasteiger partial charge in [0.2, 0.25) is 5.91 Å².